The zero-order chi connectivity index (χ0) is 12.5. The summed E-state index contributed by atoms with van der Waals surface area (Å²) in [5.74, 6) is -0.266. The Morgan fingerprint density at radius 3 is 2.53 bits per heavy atom. The number of nitrogens with one attached hydrogen (secondary N) is 2. The van der Waals surface area contributed by atoms with E-state index in [-0.39, 0.29) is 11.8 Å². The molecular weight excluding hydrogens is 222 g/mol. The van der Waals surface area contributed by atoms with Crippen LogP contribution in [0.4, 0.5) is 4.79 Å². The van der Waals surface area contributed by atoms with Crippen LogP contribution in [0.2, 0.25) is 0 Å². The lowest BCUT2D eigenvalue weighted by Crippen LogP contribution is -2.55. The first-order chi connectivity index (χ1) is 8.07. The number of hydrogen-bond acceptors (Lipinski definition) is 3. The molecule has 2 N–H and O–H groups in total. The normalized spacial score (nSPS) is 22.2. The van der Waals surface area contributed by atoms with Gasteiger partial charge >= 0.3 is 6.03 Å². The zero-order valence-electron chi connectivity index (χ0n) is 9.49. The SMILES string of the molecule is C=CCC(=O)N1CCC2(CC1)NC(=O)NC2=O. The van der Waals surface area contributed by atoms with Crippen LogP contribution in [0.3, 0.4) is 0 Å². The second-order valence-corrected chi connectivity index (χ2v) is 4.36. The van der Waals surface area contributed by atoms with Gasteiger partial charge in [-0.15, -0.1) is 6.58 Å². The minimum atomic E-state index is -0.804. The number of urea groups is 1. The summed E-state index contributed by atoms with van der Waals surface area (Å²) in [6.45, 7) is 4.49. The van der Waals surface area contributed by atoms with Gasteiger partial charge in [-0.25, -0.2) is 4.79 Å². The number of nitrogens with zero attached hydrogens (tertiary/aromatic N) is 1. The molecule has 4 amide bonds. The molecule has 17 heavy (non-hydrogen) atoms. The van der Waals surface area contributed by atoms with Crippen LogP contribution in [0.15, 0.2) is 12.7 Å². The summed E-state index contributed by atoms with van der Waals surface area (Å²) in [7, 11) is 0. The molecular formula is C11H15N3O3. The van der Waals surface area contributed by atoms with Crippen LogP contribution in [0.1, 0.15) is 19.3 Å². The lowest BCUT2D eigenvalue weighted by Gasteiger charge is -2.36. The fourth-order valence-electron chi connectivity index (χ4n) is 2.27. The molecule has 0 aromatic heterocycles. The van der Waals surface area contributed by atoms with E-state index in [1.807, 2.05) is 0 Å². The van der Waals surface area contributed by atoms with Crippen molar-refractivity contribution in [2.45, 2.75) is 24.8 Å². The van der Waals surface area contributed by atoms with E-state index in [0.29, 0.717) is 32.4 Å². The summed E-state index contributed by atoms with van der Waals surface area (Å²) >= 11 is 0. The van der Waals surface area contributed by atoms with E-state index in [0.717, 1.165) is 0 Å². The third-order valence-electron chi connectivity index (χ3n) is 3.30. The Hall–Kier alpha value is -1.85. The molecule has 1 spiro atoms. The van der Waals surface area contributed by atoms with Gasteiger partial charge in [0.15, 0.2) is 0 Å². The Kier molecular flexibility index (Phi) is 2.87. The topological polar surface area (TPSA) is 78.5 Å². The minimum Gasteiger partial charge on any atom is -0.342 e. The molecule has 0 radical (unpaired) electrons. The van der Waals surface area contributed by atoms with Crippen LogP contribution >= 0.6 is 0 Å². The number of likely N-dealkylation sites (tertiary alicyclic amines) is 1. The van der Waals surface area contributed by atoms with Gasteiger partial charge < -0.3 is 10.2 Å². The van der Waals surface area contributed by atoms with Crippen LogP contribution in [0.5, 0.6) is 0 Å². The lowest BCUT2D eigenvalue weighted by molar-refractivity contribution is -0.135. The highest BCUT2D eigenvalue weighted by Gasteiger charge is 2.48. The van der Waals surface area contributed by atoms with Crippen LogP contribution < -0.4 is 10.6 Å². The van der Waals surface area contributed by atoms with Crippen molar-refractivity contribution in [3.05, 3.63) is 12.7 Å². The monoisotopic (exact) mass is 237 g/mol. The van der Waals surface area contributed by atoms with E-state index in [4.69, 9.17) is 0 Å². The van der Waals surface area contributed by atoms with Gasteiger partial charge in [0.05, 0.1) is 0 Å². The summed E-state index contributed by atoms with van der Waals surface area (Å²) < 4.78 is 0. The molecule has 0 atom stereocenters. The Balaban J connectivity index is 1.98. The highest BCUT2D eigenvalue weighted by Crippen LogP contribution is 2.25. The maximum Gasteiger partial charge on any atom is 0.322 e. The fourth-order valence-corrected chi connectivity index (χ4v) is 2.27. The predicted molar refractivity (Wildman–Crippen MR) is 60.0 cm³/mol. The van der Waals surface area contributed by atoms with Gasteiger partial charge in [-0.05, 0) is 12.8 Å². The second-order valence-electron chi connectivity index (χ2n) is 4.36. The Morgan fingerprint density at radius 1 is 1.41 bits per heavy atom. The van der Waals surface area contributed by atoms with Crippen molar-refractivity contribution in [1.29, 1.82) is 0 Å². The summed E-state index contributed by atoms with van der Waals surface area (Å²) in [4.78, 5) is 36.1. The first-order valence-corrected chi connectivity index (χ1v) is 5.60. The molecule has 92 valence electrons. The zero-order valence-corrected chi connectivity index (χ0v) is 9.49. The van der Waals surface area contributed by atoms with Gasteiger partial charge in [-0.1, -0.05) is 6.08 Å². The third kappa shape index (κ3) is 2.02. The number of hydrogen-bond donors (Lipinski definition) is 2. The number of imide groups is 1. The van der Waals surface area contributed by atoms with Crippen molar-refractivity contribution in [2.24, 2.45) is 0 Å². The molecule has 2 rings (SSSR count). The molecule has 6 heteroatoms. The maximum atomic E-state index is 11.6. The highest BCUT2D eigenvalue weighted by molar-refractivity contribution is 6.07. The Labute approximate surface area is 99.0 Å². The molecule has 0 aliphatic carbocycles. The van der Waals surface area contributed by atoms with E-state index in [1.165, 1.54) is 0 Å². The highest BCUT2D eigenvalue weighted by atomic mass is 16.2. The number of carbonyl (C=O) groups excluding carboxylic acids is 3. The van der Waals surface area contributed by atoms with E-state index < -0.39 is 11.6 Å². The molecule has 0 unspecified atom stereocenters. The summed E-state index contributed by atoms with van der Waals surface area (Å²) in [6, 6.07) is -0.444. The van der Waals surface area contributed by atoms with Gasteiger partial charge in [0.1, 0.15) is 5.54 Å². The Bertz CT molecular complexity index is 383. The van der Waals surface area contributed by atoms with Gasteiger partial charge in [0.2, 0.25) is 5.91 Å². The van der Waals surface area contributed by atoms with E-state index >= 15 is 0 Å². The second kappa shape index (κ2) is 4.20. The first-order valence-electron chi connectivity index (χ1n) is 5.60. The molecule has 2 saturated heterocycles. The van der Waals surface area contributed by atoms with Crippen molar-refractivity contribution in [2.75, 3.05) is 13.1 Å². The molecule has 2 aliphatic rings. The van der Waals surface area contributed by atoms with Crippen LogP contribution in [0.25, 0.3) is 0 Å². The van der Waals surface area contributed by atoms with Crippen LogP contribution in [-0.2, 0) is 9.59 Å². The van der Waals surface area contributed by atoms with Gasteiger partial charge in [0, 0.05) is 19.5 Å². The fraction of sp³-hybridized carbons (Fsp3) is 0.545. The molecule has 2 fully saturated rings. The molecule has 0 aromatic carbocycles. The van der Waals surface area contributed by atoms with Crippen molar-refractivity contribution in [1.82, 2.24) is 15.5 Å². The quantitative estimate of drug-likeness (QED) is 0.514. The lowest BCUT2D eigenvalue weighted by atomic mass is 9.87. The van der Waals surface area contributed by atoms with Gasteiger partial charge in [-0.2, -0.15) is 0 Å². The molecule has 2 heterocycles. The largest absolute Gasteiger partial charge is 0.342 e. The van der Waals surface area contributed by atoms with Crippen LogP contribution in [0, 0.1) is 0 Å². The minimum absolute atomic E-state index is 0.0135. The summed E-state index contributed by atoms with van der Waals surface area (Å²) in [5.41, 5.74) is -0.804. The number of carbonyl (C=O) groups is 3. The maximum absolute atomic E-state index is 11.6. The van der Waals surface area contributed by atoms with Crippen molar-refractivity contribution >= 4 is 17.8 Å². The van der Waals surface area contributed by atoms with Gasteiger partial charge in [-0.3, -0.25) is 14.9 Å². The third-order valence-corrected chi connectivity index (χ3v) is 3.30. The number of piperidine rings is 1. The molecule has 0 aromatic rings. The van der Waals surface area contributed by atoms with E-state index in [1.54, 1.807) is 11.0 Å². The molecule has 2 aliphatic heterocycles. The van der Waals surface area contributed by atoms with E-state index in [9.17, 15) is 14.4 Å². The average Bonchev–Trinajstić information content (AvgIpc) is 2.55. The average molecular weight is 237 g/mol. The van der Waals surface area contributed by atoms with Crippen molar-refractivity contribution < 1.29 is 14.4 Å². The Morgan fingerprint density at radius 2 is 2.06 bits per heavy atom. The number of rotatable bonds is 2. The standard InChI is InChI=1S/C11H15N3O3/c1-2-3-8(15)14-6-4-11(5-7-14)9(16)12-10(17)13-11/h2H,1,3-7H2,(H2,12,13,16,17). The van der Waals surface area contributed by atoms with Gasteiger partial charge in [0.25, 0.3) is 5.91 Å². The predicted octanol–water partition coefficient (Wildman–Crippen LogP) is -0.237. The van der Waals surface area contributed by atoms with Crippen molar-refractivity contribution in [3.8, 4) is 0 Å². The number of amides is 4. The van der Waals surface area contributed by atoms with Crippen LogP contribution in [-0.4, -0.2) is 41.4 Å². The summed E-state index contributed by atoms with van der Waals surface area (Å²) in [6.07, 6.45) is 2.81. The first kappa shape index (κ1) is 11.6. The van der Waals surface area contributed by atoms with E-state index in [2.05, 4.69) is 17.2 Å². The smallest absolute Gasteiger partial charge is 0.322 e. The molecule has 6 nitrogen and oxygen atoms in total. The molecule has 0 bridgehead atoms. The summed E-state index contributed by atoms with van der Waals surface area (Å²) in [5, 5.41) is 4.89. The van der Waals surface area contributed by atoms with Crippen molar-refractivity contribution in [3.63, 3.8) is 0 Å². The molecule has 0 saturated carbocycles.